The number of benzene rings is 2. The number of ketones is 1. The number of methoxy groups -OCH3 is 1. The molecule has 0 aliphatic heterocycles. The van der Waals surface area contributed by atoms with Crippen LogP contribution in [0.2, 0.25) is 10.0 Å². The molecule has 0 fully saturated rings. The van der Waals surface area contributed by atoms with Crippen LogP contribution >= 0.6 is 23.2 Å². The number of pyridine rings is 1. The van der Waals surface area contributed by atoms with Crippen molar-refractivity contribution < 1.29 is 50.7 Å². The number of hydrogen-bond acceptors (Lipinski definition) is 7. The molecule has 4 N–H and O–H groups in total. The quantitative estimate of drug-likeness (QED) is 0.101. The van der Waals surface area contributed by atoms with E-state index in [1.54, 1.807) is 12.1 Å². The summed E-state index contributed by atoms with van der Waals surface area (Å²) >= 11 is 11.7. The molecule has 2 aromatic carbocycles. The second-order valence-electron chi connectivity index (χ2n) is 12.0. The molecular formula is C35H36Cl2F5N5O6. The number of halogens is 7. The van der Waals surface area contributed by atoms with Gasteiger partial charge in [-0.3, -0.25) is 29.0 Å². The summed E-state index contributed by atoms with van der Waals surface area (Å²) in [5, 5.41) is 8.66. The maximum absolute atomic E-state index is 15.4. The molecule has 0 saturated carbocycles. The summed E-state index contributed by atoms with van der Waals surface area (Å²) in [6, 6.07) is 7.26. The van der Waals surface area contributed by atoms with Crippen LogP contribution in [0.25, 0.3) is 0 Å². The lowest BCUT2D eigenvalue weighted by molar-refractivity contribution is -0.175. The number of nitrogens with one attached hydrogen (secondary N) is 4. The van der Waals surface area contributed by atoms with E-state index in [1.807, 2.05) is 10.6 Å². The fourth-order valence-electron chi connectivity index (χ4n) is 4.89. The minimum absolute atomic E-state index is 0.0158. The van der Waals surface area contributed by atoms with Crippen LogP contribution in [0.3, 0.4) is 0 Å². The molecule has 53 heavy (non-hydrogen) atoms. The zero-order valence-electron chi connectivity index (χ0n) is 28.5. The van der Waals surface area contributed by atoms with Crippen molar-refractivity contribution >= 4 is 52.6 Å². The molecule has 4 amide bonds. The Hall–Kier alpha value is -4.83. The van der Waals surface area contributed by atoms with Crippen LogP contribution in [0.1, 0.15) is 60.8 Å². The molecule has 0 aliphatic rings. The highest BCUT2D eigenvalue weighted by Crippen LogP contribution is 2.33. The molecule has 3 rings (SSSR count). The molecule has 0 radical (unpaired) electrons. The summed E-state index contributed by atoms with van der Waals surface area (Å²) in [4.78, 5) is 68.8. The fourth-order valence-corrected chi connectivity index (χ4v) is 5.19. The summed E-state index contributed by atoms with van der Waals surface area (Å²) in [6.07, 6.45) is -3.92. The molecule has 0 unspecified atom stereocenters. The van der Waals surface area contributed by atoms with Crippen LogP contribution in [0, 0.1) is 5.92 Å². The topological polar surface area (TPSA) is 156 Å². The molecule has 18 heteroatoms. The number of amides is 4. The number of aromatic nitrogens is 1. The number of nitrogens with zero attached hydrogens (tertiary/aromatic N) is 1. The fraction of sp³-hybridized carbons (Fsp3) is 0.371. The molecule has 0 spiro atoms. The minimum Gasteiger partial charge on any atom is -0.497 e. The van der Waals surface area contributed by atoms with Crippen LogP contribution in [0.15, 0.2) is 66.9 Å². The van der Waals surface area contributed by atoms with E-state index in [-0.39, 0.29) is 47.1 Å². The van der Waals surface area contributed by atoms with Crippen LogP contribution in [0.4, 0.5) is 22.0 Å². The lowest BCUT2D eigenvalue weighted by Gasteiger charge is -2.28. The van der Waals surface area contributed by atoms with Gasteiger partial charge in [-0.15, -0.1) is 0 Å². The van der Waals surface area contributed by atoms with Gasteiger partial charge < -0.3 is 26.0 Å². The van der Waals surface area contributed by atoms with E-state index in [2.05, 4.69) is 15.6 Å². The molecule has 286 valence electrons. The van der Waals surface area contributed by atoms with E-state index in [1.165, 1.54) is 57.5 Å². The van der Waals surface area contributed by atoms with Crippen LogP contribution in [0.5, 0.6) is 5.75 Å². The van der Waals surface area contributed by atoms with Crippen molar-refractivity contribution in [1.82, 2.24) is 26.3 Å². The van der Waals surface area contributed by atoms with Gasteiger partial charge in [0.05, 0.1) is 23.2 Å². The monoisotopic (exact) mass is 787 g/mol. The Kier molecular flexibility index (Phi) is 15.1. The van der Waals surface area contributed by atoms with E-state index >= 15 is 8.78 Å². The second kappa shape index (κ2) is 18.8. The molecule has 0 bridgehead atoms. The van der Waals surface area contributed by atoms with E-state index in [0.717, 1.165) is 18.2 Å². The maximum atomic E-state index is 15.4. The van der Waals surface area contributed by atoms with Gasteiger partial charge in [0.25, 0.3) is 17.6 Å². The Morgan fingerprint density at radius 1 is 0.830 bits per heavy atom. The lowest BCUT2D eigenvalue weighted by atomic mass is 9.97. The summed E-state index contributed by atoms with van der Waals surface area (Å²) in [5.41, 5.74) is -0.687. The molecule has 3 atom stereocenters. The summed E-state index contributed by atoms with van der Waals surface area (Å²) in [7, 11) is 1.35. The van der Waals surface area contributed by atoms with Crippen molar-refractivity contribution in [1.29, 1.82) is 0 Å². The summed E-state index contributed by atoms with van der Waals surface area (Å²) in [5.74, 6) is -12.0. The number of rotatable bonds is 17. The van der Waals surface area contributed by atoms with Gasteiger partial charge in [-0.05, 0) is 67.1 Å². The standard InChI is InChI=1S/C35H36Cl2F5N5O6/c1-19(2)27(29(48)35(40,41)42)46-32(51)28(20-10-13-22(53-3)14-11-20)47-31(50)26(9-5-7-17-44-30(49)25-8-4-6-16-43-25)45-33(52)34(38,39)21-12-15-23(36)24(37)18-21/h4,6,8,10-16,18-19,26-28H,5,7,9,17H2,1-3H3,(H,44,49)(H,45,52)(H,46,51)(H,47,50)/t26-,27-,28-/m0/s1. The number of carbonyl (C=O) groups is 5. The Bertz CT molecular complexity index is 1760. The van der Waals surface area contributed by atoms with Gasteiger partial charge in [0.2, 0.25) is 11.8 Å². The molecule has 11 nitrogen and oxygen atoms in total. The van der Waals surface area contributed by atoms with Gasteiger partial charge in [0.15, 0.2) is 0 Å². The number of hydrogen-bond donors (Lipinski definition) is 4. The van der Waals surface area contributed by atoms with Crippen molar-refractivity contribution in [2.75, 3.05) is 13.7 Å². The molecule has 0 saturated heterocycles. The second-order valence-corrected chi connectivity index (χ2v) is 12.8. The smallest absolute Gasteiger partial charge is 0.452 e. The van der Waals surface area contributed by atoms with Gasteiger partial charge in [0.1, 0.15) is 23.5 Å². The highest BCUT2D eigenvalue weighted by molar-refractivity contribution is 6.42. The van der Waals surface area contributed by atoms with Crippen molar-refractivity contribution in [2.24, 2.45) is 5.92 Å². The van der Waals surface area contributed by atoms with Crippen molar-refractivity contribution in [3.05, 3.63) is 93.7 Å². The minimum atomic E-state index is -5.30. The SMILES string of the molecule is COc1ccc([C@H](NC(=O)[C@H](CCCCNC(=O)c2ccccn2)NC(=O)C(F)(F)c2ccc(Cl)c(Cl)c2)C(=O)N[C@H](C(=O)C(F)(F)F)C(C)C)cc1. The van der Waals surface area contributed by atoms with Crippen LogP contribution in [-0.4, -0.2) is 66.3 Å². The Labute approximate surface area is 311 Å². The van der Waals surface area contributed by atoms with Gasteiger partial charge in [-0.1, -0.05) is 61.3 Å². The Balaban J connectivity index is 1.89. The average molecular weight is 789 g/mol. The predicted octanol–water partition coefficient (Wildman–Crippen LogP) is 5.70. The van der Waals surface area contributed by atoms with Crippen molar-refractivity contribution in [2.45, 2.75) is 63.3 Å². The number of Topliss-reactive ketones (excluding diaryl/α,β-unsaturated/α-hetero) is 1. The Morgan fingerprint density at radius 2 is 1.51 bits per heavy atom. The number of ether oxygens (including phenoxy) is 1. The zero-order valence-corrected chi connectivity index (χ0v) is 30.0. The maximum Gasteiger partial charge on any atom is 0.452 e. The first-order valence-electron chi connectivity index (χ1n) is 16.1. The molecular weight excluding hydrogens is 752 g/mol. The first kappa shape index (κ1) is 42.6. The van der Waals surface area contributed by atoms with Crippen molar-refractivity contribution in [3.8, 4) is 5.75 Å². The number of unbranched alkanes of at least 4 members (excludes halogenated alkanes) is 1. The average Bonchev–Trinajstić information content (AvgIpc) is 3.12. The van der Waals surface area contributed by atoms with E-state index in [4.69, 9.17) is 27.9 Å². The van der Waals surface area contributed by atoms with Gasteiger partial charge >= 0.3 is 12.1 Å². The Morgan fingerprint density at radius 3 is 2.08 bits per heavy atom. The van der Waals surface area contributed by atoms with Gasteiger partial charge in [0, 0.05) is 18.3 Å². The van der Waals surface area contributed by atoms with Gasteiger partial charge in [-0.25, -0.2) is 0 Å². The third kappa shape index (κ3) is 11.8. The number of carbonyl (C=O) groups excluding carboxylic acids is 5. The highest BCUT2D eigenvalue weighted by Gasteiger charge is 2.46. The summed E-state index contributed by atoms with van der Waals surface area (Å²) < 4.78 is 76.1. The van der Waals surface area contributed by atoms with Crippen molar-refractivity contribution in [3.63, 3.8) is 0 Å². The largest absolute Gasteiger partial charge is 0.497 e. The van der Waals surface area contributed by atoms with E-state index in [9.17, 15) is 37.1 Å². The van der Waals surface area contributed by atoms with E-state index < -0.39 is 71.1 Å². The lowest BCUT2D eigenvalue weighted by Crippen LogP contribution is -2.55. The molecule has 1 heterocycles. The van der Waals surface area contributed by atoms with Crippen LogP contribution in [-0.2, 0) is 25.1 Å². The molecule has 0 aliphatic carbocycles. The van der Waals surface area contributed by atoms with E-state index in [0.29, 0.717) is 5.75 Å². The zero-order chi connectivity index (χ0) is 39.5. The molecule has 3 aromatic rings. The molecule has 1 aromatic heterocycles. The number of alkyl halides is 5. The van der Waals surface area contributed by atoms with Gasteiger partial charge in [-0.2, -0.15) is 22.0 Å². The first-order chi connectivity index (χ1) is 24.9. The third-order valence-electron chi connectivity index (χ3n) is 7.82. The van der Waals surface area contributed by atoms with Crippen LogP contribution < -0.4 is 26.0 Å². The third-order valence-corrected chi connectivity index (χ3v) is 8.56. The predicted molar refractivity (Wildman–Crippen MR) is 184 cm³/mol. The first-order valence-corrected chi connectivity index (χ1v) is 16.8. The summed E-state index contributed by atoms with van der Waals surface area (Å²) in [6.45, 7) is 2.61. The highest BCUT2D eigenvalue weighted by atomic mass is 35.5. The normalized spacial score (nSPS) is 13.3.